The summed E-state index contributed by atoms with van der Waals surface area (Å²) >= 11 is 0. The topological polar surface area (TPSA) is 110 Å². The lowest BCUT2D eigenvalue weighted by molar-refractivity contribution is 0.0926. The van der Waals surface area contributed by atoms with Crippen LogP contribution >= 0.6 is 0 Å². The number of furan rings is 1. The number of nitrogens with one attached hydrogen (secondary N) is 2. The minimum Gasteiger partial charge on any atom is -0.455 e. The van der Waals surface area contributed by atoms with E-state index in [0.717, 1.165) is 5.56 Å². The van der Waals surface area contributed by atoms with E-state index in [1.807, 2.05) is 6.92 Å². The molecule has 1 aromatic rings. The van der Waals surface area contributed by atoms with E-state index in [9.17, 15) is 9.59 Å². The van der Waals surface area contributed by atoms with Crippen LogP contribution in [0.1, 0.15) is 47.7 Å². The minimum atomic E-state index is -0.729. The van der Waals surface area contributed by atoms with Crippen molar-refractivity contribution in [3.05, 3.63) is 35.3 Å². The first kappa shape index (κ1) is 16.8. The molecular formula is C16H22N4O3. The lowest BCUT2D eigenvalue weighted by Gasteiger charge is -2.29. The van der Waals surface area contributed by atoms with Gasteiger partial charge in [-0.15, -0.1) is 6.58 Å². The highest BCUT2D eigenvalue weighted by Gasteiger charge is 2.36. The molecule has 1 aromatic heterocycles. The lowest BCUT2D eigenvalue weighted by Crippen LogP contribution is -2.31. The second-order valence-corrected chi connectivity index (χ2v) is 6.41. The molecule has 3 amide bonds. The molecule has 23 heavy (non-hydrogen) atoms. The smallest absolute Gasteiger partial charge is 0.332 e. The second-order valence-electron chi connectivity index (χ2n) is 6.41. The van der Waals surface area contributed by atoms with Crippen molar-refractivity contribution in [2.45, 2.75) is 33.6 Å². The summed E-state index contributed by atoms with van der Waals surface area (Å²) in [6.45, 7) is 9.89. The standard InChI is InChI=1S/C16H22N4O3/c1-5-6-18-14(21)13-9(2)12-10(19-20-15(17)22)7-16(3,4)8-11(12)23-13/h5H,1,6-8H2,2-4H3,(H,18,21)(H3,17,20,22)/b19-10-. The third-order valence-corrected chi connectivity index (χ3v) is 3.71. The quantitative estimate of drug-likeness (QED) is 0.582. The number of carbonyl (C=O) groups is 2. The Balaban J connectivity index is 2.45. The highest BCUT2D eigenvalue weighted by molar-refractivity contribution is 6.07. The molecule has 0 bridgehead atoms. The summed E-state index contributed by atoms with van der Waals surface area (Å²) in [5.41, 5.74) is 9.42. The number of hydrogen-bond donors (Lipinski definition) is 3. The molecule has 4 N–H and O–H groups in total. The molecule has 0 atom stereocenters. The van der Waals surface area contributed by atoms with Crippen molar-refractivity contribution in [3.8, 4) is 0 Å². The van der Waals surface area contributed by atoms with Gasteiger partial charge in [-0.3, -0.25) is 4.79 Å². The number of primary amides is 1. The molecule has 124 valence electrons. The molecule has 2 rings (SSSR count). The fourth-order valence-corrected chi connectivity index (χ4v) is 2.79. The van der Waals surface area contributed by atoms with Gasteiger partial charge in [0.15, 0.2) is 5.76 Å². The predicted octanol–water partition coefficient (Wildman–Crippen LogP) is 1.85. The van der Waals surface area contributed by atoms with Crippen LogP contribution in [0.5, 0.6) is 0 Å². The van der Waals surface area contributed by atoms with Crippen molar-refractivity contribution in [1.82, 2.24) is 10.7 Å². The summed E-state index contributed by atoms with van der Waals surface area (Å²) in [7, 11) is 0. The fraction of sp³-hybridized carbons (Fsp3) is 0.438. The zero-order valence-electron chi connectivity index (χ0n) is 13.7. The van der Waals surface area contributed by atoms with E-state index in [4.69, 9.17) is 10.2 Å². The van der Waals surface area contributed by atoms with Gasteiger partial charge in [-0.2, -0.15) is 5.10 Å². The van der Waals surface area contributed by atoms with Crippen molar-refractivity contribution in [2.75, 3.05) is 6.54 Å². The van der Waals surface area contributed by atoms with Crippen molar-refractivity contribution in [1.29, 1.82) is 0 Å². The third kappa shape index (κ3) is 3.61. The summed E-state index contributed by atoms with van der Waals surface area (Å²) in [4.78, 5) is 23.1. The second kappa shape index (κ2) is 6.28. The molecule has 0 spiro atoms. The number of nitrogens with zero attached hydrogens (tertiary/aromatic N) is 1. The Morgan fingerprint density at radius 3 is 2.74 bits per heavy atom. The van der Waals surface area contributed by atoms with Crippen LogP contribution in [0, 0.1) is 12.3 Å². The van der Waals surface area contributed by atoms with E-state index in [1.165, 1.54) is 0 Å². The molecule has 0 fully saturated rings. The van der Waals surface area contributed by atoms with Gasteiger partial charge in [-0.05, 0) is 18.8 Å². The van der Waals surface area contributed by atoms with Gasteiger partial charge in [-0.1, -0.05) is 19.9 Å². The van der Waals surface area contributed by atoms with Gasteiger partial charge in [0.05, 0.1) is 5.71 Å². The van der Waals surface area contributed by atoms with Crippen LogP contribution in [0.4, 0.5) is 4.79 Å². The van der Waals surface area contributed by atoms with Gasteiger partial charge in [0, 0.05) is 24.1 Å². The highest BCUT2D eigenvalue weighted by atomic mass is 16.4. The average Bonchev–Trinajstić information content (AvgIpc) is 2.77. The van der Waals surface area contributed by atoms with E-state index in [1.54, 1.807) is 6.08 Å². The Morgan fingerprint density at radius 1 is 1.43 bits per heavy atom. The Morgan fingerprint density at radius 2 is 2.13 bits per heavy atom. The van der Waals surface area contributed by atoms with E-state index in [0.29, 0.717) is 36.4 Å². The van der Waals surface area contributed by atoms with Crippen LogP contribution in [-0.2, 0) is 6.42 Å². The van der Waals surface area contributed by atoms with E-state index >= 15 is 0 Å². The first-order valence-electron chi connectivity index (χ1n) is 7.39. The molecular weight excluding hydrogens is 296 g/mol. The minimum absolute atomic E-state index is 0.0929. The van der Waals surface area contributed by atoms with Crippen LogP contribution in [-0.4, -0.2) is 24.2 Å². The largest absolute Gasteiger partial charge is 0.455 e. The summed E-state index contributed by atoms with van der Waals surface area (Å²) < 4.78 is 5.80. The van der Waals surface area contributed by atoms with Gasteiger partial charge >= 0.3 is 6.03 Å². The Labute approximate surface area is 135 Å². The average molecular weight is 318 g/mol. The van der Waals surface area contributed by atoms with Crippen LogP contribution in [0.25, 0.3) is 0 Å². The maximum atomic E-state index is 12.2. The first-order valence-corrected chi connectivity index (χ1v) is 7.39. The SMILES string of the molecule is C=CCNC(=O)c1oc2c(c1C)/C(=N\NC(N)=O)CC(C)(C)C2. The van der Waals surface area contributed by atoms with Crippen LogP contribution in [0.15, 0.2) is 22.2 Å². The number of urea groups is 1. The van der Waals surface area contributed by atoms with Crippen LogP contribution < -0.4 is 16.5 Å². The summed E-state index contributed by atoms with van der Waals surface area (Å²) in [6.07, 6.45) is 2.94. The molecule has 1 aliphatic rings. The zero-order valence-corrected chi connectivity index (χ0v) is 13.7. The molecule has 7 nitrogen and oxygen atoms in total. The summed E-state index contributed by atoms with van der Waals surface area (Å²) in [5, 5.41) is 6.80. The first-order chi connectivity index (χ1) is 10.7. The van der Waals surface area contributed by atoms with Crippen molar-refractivity contribution >= 4 is 17.6 Å². The number of hydrogen-bond acceptors (Lipinski definition) is 4. The van der Waals surface area contributed by atoms with E-state index in [-0.39, 0.29) is 17.1 Å². The van der Waals surface area contributed by atoms with Gasteiger partial charge in [0.2, 0.25) is 0 Å². The van der Waals surface area contributed by atoms with Crippen molar-refractivity contribution in [3.63, 3.8) is 0 Å². The zero-order chi connectivity index (χ0) is 17.2. The molecule has 0 aromatic carbocycles. The van der Waals surface area contributed by atoms with Crippen LogP contribution in [0.3, 0.4) is 0 Å². The maximum absolute atomic E-state index is 12.2. The number of nitrogens with two attached hydrogens (primary N) is 1. The molecule has 0 aliphatic heterocycles. The van der Waals surface area contributed by atoms with Gasteiger partial charge < -0.3 is 15.5 Å². The van der Waals surface area contributed by atoms with E-state index < -0.39 is 6.03 Å². The number of amides is 3. The molecule has 0 saturated carbocycles. The number of carbonyl (C=O) groups excluding carboxylic acids is 2. The Bertz CT molecular complexity index is 686. The molecule has 0 unspecified atom stereocenters. The monoisotopic (exact) mass is 318 g/mol. The van der Waals surface area contributed by atoms with Gasteiger partial charge in [0.1, 0.15) is 5.76 Å². The highest BCUT2D eigenvalue weighted by Crippen LogP contribution is 2.38. The Kier molecular flexibility index (Phi) is 4.58. The number of fused-ring (bicyclic) bond motifs is 1. The molecule has 0 radical (unpaired) electrons. The van der Waals surface area contributed by atoms with Gasteiger partial charge in [-0.25, -0.2) is 10.2 Å². The van der Waals surface area contributed by atoms with Crippen molar-refractivity contribution in [2.24, 2.45) is 16.3 Å². The summed E-state index contributed by atoms with van der Waals surface area (Å²) in [5.74, 6) is 0.672. The normalized spacial score (nSPS) is 17.4. The fourth-order valence-electron chi connectivity index (χ4n) is 2.79. The third-order valence-electron chi connectivity index (χ3n) is 3.71. The maximum Gasteiger partial charge on any atom is 0.332 e. The van der Waals surface area contributed by atoms with E-state index in [2.05, 4.69) is 36.3 Å². The molecule has 1 heterocycles. The van der Waals surface area contributed by atoms with Gasteiger partial charge in [0.25, 0.3) is 5.91 Å². The lowest BCUT2D eigenvalue weighted by atomic mass is 9.75. The summed E-state index contributed by atoms with van der Waals surface area (Å²) in [6, 6.07) is -0.729. The molecule has 7 heteroatoms. The van der Waals surface area contributed by atoms with Crippen molar-refractivity contribution < 1.29 is 14.0 Å². The molecule has 0 saturated heterocycles. The number of rotatable bonds is 4. The Hall–Kier alpha value is -2.57. The number of hydrazone groups is 1. The van der Waals surface area contributed by atoms with Crippen LogP contribution in [0.2, 0.25) is 0 Å². The molecule has 1 aliphatic carbocycles. The predicted molar refractivity (Wildman–Crippen MR) is 87.3 cm³/mol.